The Bertz CT molecular complexity index is 1050. The van der Waals surface area contributed by atoms with Gasteiger partial charge in [-0.05, 0) is 23.9 Å². The Morgan fingerprint density at radius 2 is 1.93 bits per heavy atom. The maximum absolute atomic E-state index is 10.8. The first-order valence-corrected chi connectivity index (χ1v) is 8.92. The molecule has 0 N–H and O–H groups in total. The molecule has 3 aromatic carbocycles. The van der Waals surface area contributed by atoms with E-state index < -0.39 is 4.92 Å². The van der Waals surface area contributed by atoms with Crippen LogP contribution in [0.5, 0.6) is 5.75 Å². The summed E-state index contributed by atoms with van der Waals surface area (Å²) in [4.78, 5) is 20.8. The fourth-order valence-electron chi connectivity index (χ4n) is 2.60. The van der Waals surface area contributed by atoms with Crippen LogP contribution in [0.15, 0.2) is 64.8 Å². The van der Waals surface area contributed by atoms with Crippen LogP contribution in [0.1, 0.15) is 12.8 Å². The van der Waals surface area contributed by atoms with Gasteiger partial charge in [0.2, 0.25) is 0 Å². The zero-order valence-corrected chi connectivity index (χ0v) is 15.5. The van der Waals surface area contributed by atoms with Crippen molar-refractivity contribution in [2.45, 2.75) is 12.8 Å². The van der Waals surface area contributed by atoms with Crippen molar-refractivity contribution in [3.05, 3.63) is 69.7 Å². The molecule has 0 radical (unpaired) electrons. The number of halogens is 1. The Hall–Kier alpha value is -3.32. The minimum absolute atomic E-state index is 0.117. The highest BCUT2D eigenvalue weighted by Crippen LogP contribution is 2.38. The molecule has 0 aliphatic carbocycles. The van der Waals surface area contributed by atoms with Crippen LogP contribution in [0.4, 0.5) is 17.1 Å². The van der Waals surface area contributed by atoms with E-state index in [0.29, 0.717) is 36.6 Å². The molecule has 28 heavy (non-hydrogen) atoms. The number of nitro groups is 1. The van der Waals surface area contributed by atoms with Crippen LogP contribution in [0.2, 0.25) is 5.02 Å². The lowest BCUT2D eigenvalue weighted by molar-refractivity contribution is -0.384. The lowest BCUT2D eigenvalue weighted by atomic mass is 10.1. The molecule has 0 bridgehead atoms. The molecule has 0 heterocycles. The summed E-state index contributed by atoms with van der Waals surface area (Å²) in [5, 5.41) is 21.3. The molecule has 142 valence electrons. The third-order valence-electron chi connectivity index (χ3n) is 3.99. The highest BCUT2D eigenvalue weighted by molar-refractivity contribution is 6.33. The van der Waals surface area contributed by atoms with Gasteiger partial charge >= 0.3 is 0 Å². The summed E-state index contributed by atoms with van der Waals surface area (Å²) in [5.74, 6) is 0.534. The lowest BCUT2D eigenvalue weighted by Gasteiger charge is -2.10. The molecule has 0 aliphatic rings. The maximum atomic E-state index is 10.8. The van der Waals surface area contributed by atoms with Gasteiger partial charge in [-0.25, -0.2) is 0 Å². The summed E-state index contributed by atoms with van der Waals surface area (Å²) in [6.07, 6.45) is 1.87. The molecular formula is C20H16ClN3O4. The second kappa shape index (κ2) is 9.05. The van der Waals surface area contributed by atoms with Gasteiger partial charge in [0.05, 0.1) is 16.6 Å². The number of ether oxygens (including phenoxy) is 1. The number of carbonyl (C=O) groups is 1. The predicted molar refractivity (Wildman–Crippen MR) is 107 cm³/mol. The van der Waals surface area contributed by atoms with Crippen molar-refractivity contribution in [3.8, 4) is 5.75 Å². The average Bonchev–Trinajstić information content (AvgIpc) is 2.70. The number of rotatable bonds is 8. The van der Waals surface area contributed by atoms with Crippen molar-refractivity contribution in [3.63, 3.8) is 0 Å². The summed E-state index contributed by atoms with van der Waals surface area (Å²) in [6, 6.07) is 15.4. The number of non-ortho nitro benzene ring substituents is 1. The number of nitro benzene ring substituents is 1. The quantitative estimate of drug-likeness (QED) is 0.149. The van der Waals surface area contributed by atoms with Gasteiger partial charge in [-0.15, -0.1) is 10.2 Å². The van der Waals surface area contributed by atoms with Gasteiger partial charge < -0.3 is 9.53 Å². The summed E-state index contributed by atoms with van der Waals surface area (Å²) in [5.41, 5.74) is 0.721. The number of azo groups is 1. The minimum atomic E-state index is -0.525. The molecule has 3 aromatic rings. The first-order valence-electron chi connectivity index (χ1n) is 8.54. The number of benzene rings is 3. The van der Waals surface area contributed by atoms with Gasteiger partial charge in [0.1, 0.15) is 23.4 Å². The molecular weight excluding hydrogens is 382 g/mol. The summed E-state index contributed by atoms with van der Waals surface area (Å²) >= 11 is 6.09. The fourth-order valence-corrected chi connectivity index (χ4v) is 2.81. The topological polar surface area (TPSA) is 94.2 Å². The SMILES string of the molecule is O=CCCCOc1ccc2ccccc2c1N=Nc1ccc([N+](=O)[O-])cc1Cl. The first-order chi connectivity index (χ1) is 13.6. The normalized spacial score (nSPS) is 11.0. The van der Waals surface area contributed by atoms with E-state index in [2.05, 4.69) is 10.2 Å². The number of fused-ring (bicyclic) bond motifs is 1. The molecule has 0 aromatic heterocycles. The Morgan fingerprint density at radius 1 is 1.11 bits per heavy atom. The second-order valence-electron chi connectivity index (χ2n) is 5.88. The van der Waals surface area contributed by atoms with E-state index >= 15 is 0 Å². The molecule has 3 rings (SSSR count). The van der Waals surface area contributed by atoms with E-state index in [4.69, 9.17) is 16.3 Å². The van der Waals surface area contributed by atoms with Crippen molar-refractivity contribution in [2.75, 3.05) is 6.61 Å². The van der Waals surface area contributed by atoms with Crippen LogP contribution in [0, 0.1) is 10.1 Å². The van der Waals surface area contributed by atoms with Crippen LogP contribution in [0.25, 0.3) is 10.8 Å². The van der Waals surface area contributed by atoms with Crippen molar-refractivity contribution in [1.82, 2.24) is 0 Å². The number of nitrogens with zero attached hydrogens (tertiary/aromatic N) is 3. The minimum Gasteiger partial charge on any atom is -0.491 e. The van der Waals surface area contributed by atoms with Crippen molar-refractivity contribution < 1.29 is 14.5 Å². The van der Waals surface area contributed by atoms with Crippen LogP contribution in [-0.2, 0) is 4.79 Å². The molecule has 0 atom stereocenters. The van der Waals surface area contributed by atoms with Crippen molar-refractivity contribution >= 4 is 45.7 Å². The zero-order valence-electron chi connectivity index (χ0n) is 14.7. The number of aldehydes is 1. The number of hydrogen-bond donors (Lipinski definition) is 0. The first kappa shape index (κ1) is 19.4. The van der Waals surface area contributed by atoms with Crippen LogP contribution in [-0.4, -0.2) is 17.8 Å². The Labute approximate surface area is 165 Å². The number of unbranched alkanes of at least 4 members (excludes halogenated alkanes) is 1. The smallest absolute Gasteiger partial charge is 0.271 e. The Morgan fingerprint density at radius 3 is 2.68 bits per heavy atom. The van der Waals surface area contributed by atoms with Crippen LogP contribution >= 0.6 is 11.6 Å². The highest BCUT2D eigenvalue weighted by Gasteiger charge is 2.11. The Balaban J connectivity index is 1.96. The van der Waals surface area contributed by atoms with Crippen LogP contribution in [0.3, 0.4) is 0 Å². The Kier molecular flexibility index (Phi) is 6.29. The molecule has 0 aliphatic heterocycles. The van der Waals surface area contributed by atoms with Gasteiger partial charge in [0.25, 0.3) is 5.69 Å². The predicted octanol–water partition coefficient (Wildman–Crippen LogP) is 6.17. The molecule has 0 saturated heterocycles. The fraction of sp³-hybridized carbons (Fsp3) is 0.150. The summed E-state index contributed by atoms with van der Waals surface area (Å²) in [7, 11) is 0. The molecule has 8 heteroatoms. The highest BCUT2D eigenvalue weighted by atomic mass is 35.5. The molecule has 0 spiro atoms. The summed E-state index contributed by atoms with van der Waals surface area (Å²) in [6.45, 7) is 0.373. The van der Waals surface area contributed by atoms with E-state index in [1.165, 1.54) is 18.2 Å². The third kappa shape index (κ3) is 4.50. The largest absolute Gasteiger partial charge is 0.491 e. The van der Waals surface area contributed by atoms with E-state index in [1.54, 1.807) is 6.07 Å². The zero-order chi connectivity index (χ0) is 19.9. The van der Waals surface area contributed by atoms with Gasteiger partial charge in [0, 0.05) is 23.9 Å². The third-order valence-corrected chi connectivity index (χ3v) is 4.29. The van der Waals surface area contributed by atoms with E-state index in [0.717, 1.165) is 17.1 Å². The van der Waals surface area contributed by atoms with E-state index in [1.807, 2.05) is 30.3 Å². The standard InChI is InChI=1S/C20H16ClN3O4/c21-17-13-15(24(26)27)8-9-18(17)22-23-20-16-6-2-1-5-14(16)7-10-19(20)28-12-4-3-11-25/h1-2,5-11,13H,3-4,12H2. The molecule has 0 amide bonds. The second-order valence-corrected chi connectivity index (χ2v) is 6.29. The van der Waals surface area contributed by atoms with E-state index in [-0.39, 0.29) is 10.7 Å². The average molecular weight is 398 g/mol. The molecule has 0 fully saturated rings. The van der Waals surface area contributed by atoms with Gasteiger partial charge in [0.15, 0.2) is 0 Å². The van der Waals surface area contributed by atoms with Gasteiger partial charge in [-0.2, -0.15) is 0 Å². The van der Waals surface area contributed by atoms with Crippen molar-refractivity contribution in [2.24, 2.45) is 10.2 Å². The van der Waals surface area contributed by atoms with Gasteiger partial charge in [-0.1, -0.05) is 41.9 Å². The number of hydrogen-bond acceptors (Lipinski definition) is 6. The monoisotopic (exact) mass is 397 g/mol. The molecule has 0 unspecified atom stereocenters. The van der Waals surface area contributed by atoms with Gasteiger partial charge in [-0.3, -0.25) is 10.1 Å². The maximum Gasteiger partial charge on any atom is 0.271 e. The molecule has 7 nitrogen and oxygen atoms in total. The van der Waals surface area contributed by atoms with Crippen molar-refractivity contribution in [1.29, 1.82) is 0 Å². The van der Waals surface area contributed by atoms with Crippen LogP contribution < -0.4 is 4.74 Å². The molecule has 0 saturated carbocycles. The summed E-state index contributed by atoms with van der Waals surface area (Å²) < 4.78 is 5.78. The van der Waals surface area contributed by atoms with E-state index in [9.17, 15) is 14.9 Å². The number of carbonyl (C=O) groups excluding carboxylic acids is 1. The lowest BCUT2D eigenvalue weighted by Crippen LogP contribution is -1.98.